The Labute approximate surface area is 166 Å². The lowest BCUT2D eigenvalue weighted by Gasteiger charge is -2.38. The summed E-state index contributed by atoms with van der Waals surface area (Å²) in [4.78, 5) is 29.4. The molecule has 1 heterocycles. The van der Waals surface area contributed by atoms with Crippen LogP contribution in [0.3, 0.4) is 0 Å². The van der Waals surface area contributed by atoms with Gasteiger partial charge in [0.25, 0.3) is 0 Å². The van der Waals surface area contributed by atoms with Gasteiger partial charge >= 0.3 is 11.9 Å². The summed E-state index contributed by atoms with van der Waals surface area (Å²) in [6.45, 7) is 6.57. The number of hydrogen-bond acceptors (Lipinski definition) is 5. The fourth-order valence-corrected chi connectivity index (χ4v) is 4.11. The maximum Gasteiger partial charge on any atom is 0.352 e. The number of pyridine rings is 1. The molecule has 1 aromatic heterocycles. The minimum Gasteiger partial charge on any atom is -0.459 e. The van der Waals surface area contributed by atoms with E-state index in [0.29, 0.717) is 17.0 Å². The van der Waals surface area contributed by atoms with Crippen LogP contribution >= 0.6 is 0 Å². The van der Waals surface area contributed by atoms with E-state index in [4.69, 9.17) is 9.47 Å². The first-order chi connectivity index (χ1) is 13.3. The normalized spacial score (nSPS) is 22.1. The number of carbonyl (C=O) groups excluding carboxylic acids is 2. The van der Waals surface area contributed by atoms with Gasteiger partial charge in [-0.15, -0.1) is 0 Å². The zero-order valence-electron chi connectivity index (χ0n) is 16.6. The first-order valence-corrected chi connectivity index (χ1v) is 9.70. The van der Waals surface area contributed by atoms with Crippen LogP contribution in [0.5, 0.6) is 0 Å². The molecule has 28 heavy (non-hydrogen) atoms. The monoisotopic (exact) mass is 381 g/mol. The van der Waals surface area contributed by atoms with Gasteiger partial charge in [0, 0.05) is 18.0 Å². The summed E-state index contributed by atoms with van der Waals surface area (Å²) in [6, 6.07) is 12.2. The second kappa shape index (κ2) is 8.55. The number of nitrogens with zero attached hydrogens (tertiary/aromatic N) is 1. The zero-order valence-corrected chi connectivity index (χ0v) is 16.6. The number of benzene rings is 1. The highest BCUT2D eigenvalue weighted by atomic mass is 16.6. The number of aromatic nitrogens is 1. The van der Waals surface area contributed by atoms with Crippen LogP contribution in [0, 0.1) is 11.3 Å². The number of rotatable bonds is 5. The number of ether oxygens (including phenoxy) is 2. The van der Waals surface area contributed by atoms with Crippen molar-refractivity contribution in [2.75, 3.05) is 0 Å². The molecule has 1 saturated carbocycles. The lowest BCUT2D eigenvalue weighted by molar-refractivity contribution is -0.164. The van der Waals surface area contributed by atoms with Gasteiger partial charge < -0.3 is 9.47 Å². The summed E-state index contributed by atoms with van der Waals surface area (Å²) in [5, 5.41) is 0. The Kier molecular flexibility index (Phi) is 6.12. The van der Waals surface area contributed by atoms with E-state index in [2.05, 4.69) is 25.8 Å². The number of carbonyl (C=O) groups is 2. The fourth-order valence-electron chi connectivity index (χ4n) is 4.11. The molecule has 0 N–H and O–H groups in total. The zero-order chi connectivity index (χ0) is 20.1. The molecule has 3 rings (SSSR count). The smallest absolute Gasteiger partial charge is 0.352 e. The summed E-state index contributed by atoms with van der Waals surface area (Å²) in [7, 11) is 0. The van der Waals surface area contributed by atoms with E-state index in [-0.39, 0.29) is 11.5 Å². The minimum atomic E-state index is -1.10. The van der Waals surface area contributed by atoms with Gasteiger partial charge in [-0.05, 0) is 42.7 Å². The van der Waals surface area contributed by atoms with Gasteiger partial charge in [-0.2, -0.15) is 0 Å². The van der Waals surface area contributed by atoms with E-state index in [9.17, 15) is 9.59 Å². The molecule has 148 valence electrons. The Morgan fingerprint density at radius 1 is 1.11 bits per heavy atom. The Morgan fingerprint density at radius 3 is 2.50 bits per heavy atom. The predicted octanol–water partition coefficient (Wildman–Crippen LogP) is 4.74. The molecule has 5 heteroatoms. The molecule has 0 saturated heterocycles. The highest BCUT2D eigenvalue weighted by molar-refractivity contribution is 5.91. The van der Waals surface area contributed by atoms with Gasteiger partial charge in [-0.3, -0.25) is 4.98 Å². The topological polar surface area (TPSA) is 65.5 Å². The Bertz CT molecular complexity index is 804. The molecule has 0 amide bonds. The van der Waals surface area contributed by atoms with Crippen LogP contribution in [0.4, 0.5) is 0 Å². The molecule has 0 bridgehead atoms. The highest BCUT2D eigenvalue weighted by Crippen LogP contribution is 2.40. The van der Waals surface area contributed by atoms with E-state index in [1.54, 1.807) is 42.6 Å². The van der Waals surface area contributed by atoms with Crippen molar-refractivity contribution in [2.24, 2.45) is 11.3 Å². The van der Waals surface area contributed by atoms with E-state index < -0.39 is 18.0 Å². The van der Waals surface area contributed by atoms with Gasteiger partial charge in [-0.25, -0.2) is 9.59 Å². The van der Waals surface area contributed by atoms with Crippen LogP contribution in [-0.2, 0) is 14.3 Å². The quantitative estimate of drug-likeness (QED) is 0.700. The van der Waals surface area contributed by atoms with Crippen molar-refractivity contribution < 1.29 is 19.1 Å². The molecule has 5 nitrogen and oxygen atoms in total. The van der Waals surface area contributed by atoms with E-state index in [1.165, 1.54) is 6.20 Å². The minimum absolute atomic E-state index is 0.122. The van der Waals surface area contributed by atoms with E-state index >= 15 is 0 Å². The maximum absolute atomic E-state index is 13.0. The second-order valence-electron chi connectivity index (χ2n) is 8.41. The summed E-state index contributed by atoms with van der Waals surface area (Å²) >= 11 is 0. The van der Waals surface area contributed by atoms with Crippen molar-refractivity contribution in [1.82, 2.24) is 4.98 Å². The van der Waals surface area contributed by atoms with Crippen molar-refractivity contribution in [3.05, 3.63) is 66.0 Å². The number of esters is 2. The van der Waals surface area contributed by atoms with Gasteiger partial charge in [0.2, 0.25) is 6.10 Å². The van der Waals surface area contributed by atoms with Crippen LogP contribution in [0.25, 0.3) is 0 Å². The van der Waals surface area contributed by atoms with Gasteiger partial charge in [0.05, 0.1) is 5.56 Å². The van der Waals surface area contributed by atoms with Crippen LogP contribution in [0.15, 0.2) is 54.9 Å². The van der Waals surface area contributed by atoms with Gasteiger partial charge in [0.1, 0.15) is 6.10 Å². The summed E-state index contributed by atoms with van der Waals surface area (Å²) in [6.07, 6.45) is 4.46. The van der Waals surface area contributed by atoms with Gasteiger partial charge in [0.15, 0.2) is 0 Å². The Balaban J connectivity index is 1.77. The SMILES string of the molecule is C[C@@H]1C[C@@H](OC(=O)[C@@H](OC(=O)c2cccnc2)c2ccccc2)CC(C)(C)C1. The summed E-state index contributed by atoms with van der Waals surface area (Å²) < 4.78 is 11.4. The standard InChI is InChI=1S/C23H27NO4/c1-16-12-19(14-23(2,3)13-16)27-22(26)20(17-8-5-4-6-9-17)28-21(25)18-10-7-11-24-15-18/h4-11,15-16,19-20H,12-14H2,1-3H3/t16-,19-,20+/m1/s1. The molecule has 1 aromatic carbocycles. The van der Waals surface area contributed by atoms with Crippen LogP contribution in [0.2, 0.25) is 0 Å². The molecule has 1 aliphatic rings. The van der Waals surface area contributed by atoms with Gasteiger partial charge in [-0.1, -0.05) is 51.1 Å². The average Bonchev–Trinajstić information content (AvgIpc) is 2.65. The van der Waals surface area contributed by atoms with Crippen LogP contribution in [0.1, 0.15) is 62.1 Å². The molecule has 2 aromatic rings. The van der Waals surface area contributed by atoms with E-state index in [1.807, 2.05) is 6.07 Å². The third kappa shape index (κ3) is 5.18. The van der Waals surface area contributed by atoms with Crippen LogP contribution < -0.4 is 0 Å². The molecular formula is C23H27NO4. The summed E-state index contributed by atoms with van der Waals surface area (Å²) in [5.41, 5.74) is 1.01. The average molecular weight is 381 g/mol. The molecule has 0 spiro atoms. The molecule has 1 aliphatic carbocycles. The number of hydrogen-bond donors (Lipinski definition) is 0. The lowest BCUT2D eigenvalue weighted by atomic mass is 9.71. The van der Waals surface area contributed by atoms with Crippen molar-refractivity contribution in [1.29, 1.82) is 0 Å². The molecule has 3 atom stereocenters. The molecule has 1 fully saturated rings. The third-order valence-electron chi connectivity index (χ3n) is 5.07. The Hall–Kier alpha value is -2.69. The van der Waals surface area contributed by atoms with Crippen molar-refractivity contribution in [3.63, 3.8) is 0 Å². The van der Waals surface area contributed by atoms with Crippen LogP contribution in [-0.4, -0.2) is 23.0 Å². The first-order valence-electron chi connectivity index (χ1n) is 9.70. The summed E-state index contributed by atoms with van der Waals surface area (Å²) in [5.74, 6) is -0.649. The van der Waals surface area contributed by atoms with Crippen molar-refractivity contribution in [3.8, 4) is 0 Å². The predicted molar refractivity (Wildman–Crippen MR) is 106 cm³/mol. The molecular weight excluding hydrogens is 354 g/mol. The second-order valence-corrected chi connectivity index (χ2v) is 8.41. The maximum atomic E-state index is 13.0. The lowest BCUT2D eigenvalue weighted by Crippen LogP contribution is -2.35. The fraction of sp³-hybridized carbons (Fsp3) is 0.435. The van der Waals surface area contributed by atoms with E-state index in [0.717, 1.165) is 19.3 Å². The van der Waals surface area contributed by atoms with Crippen molar-refractivity contribution in [2.45, 2.75) is 52.2 Å². The highest BCUT2D eigenvalue weighted by Gasteiger charge is 2.36. The molecule has 0 unspecified atom stereocenters. The molecule has 0 radical (unpaired) electrons. The first kappa shape index (κ1) is 20.1. The third-order valence-corrected chi connectivity index (χ3v) is 5.07. The molecule has 0 aliphatic heterocycles. The largest absolute Gasteiger partial charge is 0.459 e. The Morgan fingerprint density at radius 2 is 1.86 bits per heavy atom. The van der Waals surface area contributed by atoms with Crippen molar-refractivity contribution >= 4 is 11.9 Å².